The number of likely N-dealkylation sites (tertiary alicyclic amines) is 1. The second-order valence-electron chi connectivity index (χ2n) is 6.72. The fraction of sp³-hybridized carbons (Fsp3) is 0.632. The number of nitrogens with one attached hydrogen (secondary N) is 1. The summed E-state index contributed by atoms with van der Waals surface area (Å²) in [7, 11) is 4.63. The van der Waals surface area contributed by atoms with Gasteiger partial charge >= 0.3 is 0 Å². The van der Waals surface area contributed by atoms with Crippen LogP contribution in [0, 0.1) is 5.92 Å². The molecule has 0 bridgehead atoms. The minimum Gasteiger partial charge on any atom is -0.493 e. The van der Waals surface area contributed by atoms with Crippen molar-refractivity contribution in [3.05, 3.63) is 17.7 Å². The van der Waals surface area contributed by atoms with Crippen LogP contribution in [-0.4, -0.2) is 57.8 Å². The number of hydrogen-bond acceptors (Lipinski definition) is 5. The van der Waals surface area contributed by atoms with Crippen molar-refractivity contribution in [3.63, 3.8) is 0 Å². The predicted octanol–water partition coefficient (Wildman–Crippen LogP) is 2.56. The Balaban J connectivity index is 2.03. The average molecular weight is 350 g/mol. The largest absolute Gasteiger partial charge is 0.493 e. The molecule has 1 aliphatic heterocycles. The topological polar surface area (TPSA) is 60.0 Å². The lowest BCUT2D eigenvalue weighted by molar-refractivity contribution is 0.0922. The zero-order valence-electron chi connectivity index (χ0n) is 15.9. The number of carbonyl (C=O) groups excluding carboxylic acids is 1. The summed E-state index contributed by atoms with van der Waals surface area (Å²) in [5, 5.41) is 3.05. The van der Waals surface area contributed by atoms with Gasteiger partial charge in [-0.2, -0.15) is 0 Å². The molecular formula is C19H30N2O4. The molecule has 6 nitrogen and oxygen atoms in total. The number of methoxy groups -OCH3 is 3. The molecule has 140 valence electrons. The summed E-state index contributed by atoms with van der Waals surface area (Å²) in [6, 6.07) is 3.91. The molecule has 1 heterocycles. The molecule has 0 saturated carbocycles. The van der Waals surface area contributed by atoms with Crippen LogP contribution in [0.25, 0.3) is 0 Å². The van der Waals surface area contributed by atoms with Crippen LogP contribution in [0.1, 0.15) is 37.0 Å². The molecule has 0 aliphatic carbocycles. The lowest BCUT2D eigenvalue weighted by Crippen LogP contribution is -2.43. The number of ether oxygens (including phenoxy) is 3. The number of nitrogens with zero attached hydrogens (tertiary/aromatic N) is 1. The zero-order valence-corrected chi connectivity index (χ0v) is 15.9. The fourth-order valence-electron chi connectivity index (χ4n) is 3.28. The minimum absolute atomic E-state index is 0.124. The Bertz CT molecular complexity index is 564. The van der Waals surface area contributed by atoms with E-state index in [2.05, 4.69) is 24.1 Å². The van der Waals surface area contributed by atoms with Crippen molar-refractivity contribution in [2.45, 2.75) is 32.7 Å². The van der Waals surface area contributed by atoms with Crippen LogP contribution < -0.4 is 19.5 Å². The molecule has 1 saturated heterocycles. The van der Waals surface area contributed by atoms with E-state index in [1.807, 2.05) is 0 Å². The molecule has 1 fully saturated rings. The van der Waals surface area contributed by atoms with Crippen LogP contribution in [0.2, 0.25) is 0 Å². The van der Waals surface area contributed by atoms with E-state index >= 15 is 0 Å². The molecule has 0 aromatic heterocycles. The monoisotopic (exact) mass is 350 g/mol. The van der Waals surface area contributed by atoms with Crippen LogP contribution in [0.4, 0.5) is 0 Å². The van der Waals surface area contributed by atoms with Gasteiger partial charge in [0.1, 0.15) is 0 Å². The summed E-state index contributed by atoms with van der Waals surface area (Å²) in [5.74, 6) is 1.82. The van der Waals surface area contributed by atoms with Gasteiger partial charge in [0.25, 0.3) is 5.91 Å². The lowest BCUT2D eigenvalue weighted by Gasteiger charge is -2.35. The van der Waals surface area contributed by atoms with Crippen molar-refractivity contribution in [2.75, 3.05) is 41.0 Å². The standard InChI is InChI=1S/C19H30N2O4/c1-13(2)21-8-6-7-14(12-21)11-20-19(22)15-9-16(23-3)18(25-5)17(10-15)24-4/h9-10,13-14H,6-8,11-12H2,1-5H3,(H,20,22). The van der Waals surface area contributed by atoms with Gasteiger partial charge in [-0.3, -0.25) is 4.79 Å². The van der Waals surface area contributed by atoms with Gasteiger partial charge in [0, 0.05) is 24.7 Å². The Labute approximate surface area is 150 Å². The van der Waals surface area contributed by atoms with Crippen LogP contribution in [-0.2, 0) is 0 Å². The molecule has 1 N–H and O–H groups in total. The molecule has 6 heteroatoms. The first kappa shape index (κ1) is 19.4. The molecule has 1 unspecified atom stereocenters. The average Bonchev–Trinajstić information content (AvgIpc) is 2.64. The third kappa shape index (κ3) is 4.78. The van der Waals surface area contributed by atoms with Crippen LogP contribution >= 0.6 is 0 Å². The number of benzene rings is 1. The van der Waals surface area contributed by atoms with Crippen molar-refractivity contribution in [3.8, 4) is 17.2 Å². The molecule has 0 spiro atoms. The first-order chi connectivity index (χ1) is 12.0. The molecule has 1 aromatic rings. The van der Waals surface area contributed by atoms with Gasteiger partial charge in [-0.15, -0.1) is 0 Å². The molecule has 25 heavy (non-hydrogen) atoms. The first-order valence-electron chi connectivity index (χ1n) is 8.82. The zero-order chi connectivity index (χ0) is 18.4. The minimum atomic E-state index is -0.124. The third-order valence-electron chi connectivity index (χ3n) is 4.76. The van der Waals surface area contributed by atoms with Crippen molar-refractivity contribution < 1.29 is 19.0 Å². The van der Waals surface area contributed by atoms with Gasteiger partial charge in [-0.05, 0) is 51.3 Å². The Morgan fingerprint density at radius 1 is 1.20 bits per heavy atom. The van der Waals surface area contributed by atoms with Crippen molar-refractivity contribution in [2.24, 2.45) is 5.92 Å². The van der Waals surface area contributed by atoms with E-state index in [1.54, 1.807) is 33.5 Å². The smallest absolute Gasteiger partial charge is 0.251 e. The maximum absolute atomic E-state index is 12.6. The molecule has 1 atom stereocenters. The van der Waals surface area contributed by atoms with Gasteiger partial charge in [-0.25, -0.2) is 0 Å². The van der Waals surface area contributed by atoms with E-state index in [0.29, 0.717) is 41.3 Å². The Hall–Kier alpha value is -1.95. The molecule has 1 aliphatic rings. The number of carbonyl (C=O) groups is 1. The van der Waals surface area contributed by atoms with Gasteiger partial charge < -0.3 is 24.4 Å². The predicted molar refractivity (Wildman–Crippen MR) is 97.9 cm³/mol. The van der Waals surface area contributed by atoms with Crippen LogP contribution in [0.15, 0.2) is 12.1 Å². The van der Waals surface area contributed by atoms with E-state index in [4.69, 9.17) is 14.2 Å². The van der Waals surface area contributed by atoms with Gasteiger partial charge in [0.2, 0.25) is 5.75 Å². The van der Waals surface area contributed by atoms with Crippen molar-refractivity contribution in [1.29, 1.82) is 0 Å². The Morgan fingerprint density at radius 2 is 1.84 bits per heavy atom. The normalized spacial score (nSPS) is 18.1. The fourth-order valence-corrected chi connectivity index (χ4v) is 3.28. The van der Waals surface area contributed by atoms with E-state index < -0.39 is 0 Å². The summed E-state index contributed by atoms with van der Waals surface area (Å²) in [6.45, 7) is 7.30. The Morgan fingerprint density at radius 3 is 2.36 bits per heavy atom. The number of hydrogen-bond donors (Lipinski definition) is 1. The number of amides is 1. The van der Waals surface area contributed by atoms with Crippen LogP contribution in [0.3, 0.4) is 0 Å². The van der Waals surface area contributed by atoms with E-state index in [0.717, 1.165) is 19.5 Å². The highest BCUT2D eigenvalue weighted by molar-refractivity contribution is 5.95. The van der Waals surface area contributed by atoms with Crippen molar-refractivity contribution in [1.82, 2.24) is 10.2 Å². The van der Waals surface area contributed by atoms with E-state index in [1.165, 1.54) is 6.42 Å². The molecular weight excluding hydrogens is 320 g/mol. The highest BCUT2D eigenvalue weighted by atomic mass is 16.5. The maximum Gasteiger partial charge on any atom is 0.251 e. The first-order valence-corrected chi connectivity index (χ1v) is 8.82. The van der Waals surface area contributed by atoms with E-state index in [-0.39, 0.29) is 5.91 Å². The second-order valence-corrected chi connectivity index (χ2v) is 6.72. The van der Waals surface area contributed by atoms with Gasteiger partial charge in [0.15, 0.2) is 11.5 Å². The summed E-state index contributed by atoms with van der Waals surface area (Å²) >= 11 is 0. The highest BCUT2D eigenvalue weighted by Gasteiger charge is 2.23. The molecule has 1 aromatic carbocycles. The van der Waals surface area contributed by atoms with Gasteiger partial charge in [0.05, 0.1) is 21.3 Å². The van der Waals surface area contributed by atoms with Gasteiger partial charge in [-0.1, -0.05) is 0 Å². The number of rotatable bonds is 7. The summed E-state index contributed by atoms with van der Waals surface area (Å²) in [5.41, 5.74) is 0.506. The maximum atomic E-state index is 12.6. The summed E-state index contributed by atoms with van der Waals surface area (Å²) in [4.78, 5) is 15.0. The lowest BCUT2D eigenvalue weighted by atomic mass is 9.97. The van der Waals surface area contributed by atoms with Crippen LogP contribution in [0.5, 0.6) is 17.2 Å². The number of piperidine rings is 1. The summed E-state index contributed by atoms with van der Waals surface area (Å²) < 4.78 is 15.9. The highest BCUT2D eigenvalue weighted by Crippen LogP contribution is 2.38. The summed E-state index contributed by atoms with van der Waals surface area (Å²) in [6.07, 6.45) is 2.33. The molecule has 1 amide bonds. The van der Waals surface area contributed by atoms with Crippen molar-refractivity contribution >= 4 is 5.91 Å². The van der Waals surface area contributed by atoms with E-state index in [9.17, 15) is 4.79 Å². The Kier molecular flexibility index (Phi) is 6.93. The SMILES string of the molecule is COc1cc(C(=O)NCC2CCCN(C(C)C)C2)cc(OC)c1OC. The molecule has 2 rings (SSSR count). The second kappa shape index (κ2) is 8.94. The third-order valence-corrected chi connectivity index (χ3v) is 4.76. The quantitative estimate of drug-likeness (QED) is 0.819. The molecule has 0 radical (unpaired) electrons.